The van der Waals surface area contributed by atoms with Crippen molar-refractivity contribution < 1.29 is 22.1 Å². The fourth-order valence-electron chi connectivity index (χ4n) is 1.92. The first-order valence-corrected chi connectivity index (χ1v) is 7.66. The van der Waals surface area contributed by atoms with Crippen LogP contribution in [0, 0.1) is 5.82 Å². The standard InChI is InChI=1S/C12H17BFNO4S/c1-11(2)12(3,4)19-13(18-11)9-6-5-8(14)7-10(9)20(15,16)17/h5-7H,1-4H3,(H2,15,16,17). The second kappa shape index (κ2) is 4.52. The van der Waals surface area contributed by atoms with E-state index in [1.165, 1.54) is 6.07 Å². The van der Waals surface area contributed by atoms with E-state index in [0.717, 1.165) is 12.1 Å². The average Bonchev–Trinajstić information content (AvgIpc) is 2.46. The highest BCUT2D eigenvalue weighted by Crippen LogP contribution is 2.36. The fourth-order valence-corrected chi connectivity index (χ4v) is 2.69. The molecule has 0 radical (unpaired) electrons. The zero-order valence-electron chi connectivity index (χ0n) is 11.8. The number of hydrogen-bond donors (Lipinski definition) is 1. The maximum Gasteiger partial charge on any atom is 0.496 e. The molecule has 0 aliphatic carbocycles. The van der Waals surface area contributed by atoms with Gasteiger partial charge in [-0.1, -0.05) is 6.07 Å². The van der Waals surface area contributed by atoms with Gasteiger partial charge in [0.25, 0.3) is 0 Å². The van der Waals surface area contributed by atoms with Gasteiger partial charge >= 0.3 is 7.12 Å². The molecule has 5 nitrogen and oxygen atoms in total. The van der Waals surface area contributed by atoms with Crippen LogP contribution in [0.3, 0.4) is 0 Å². The van der Waals surface area contributed by atoms with Crippen molar-refractivity contribution in [3.05, 3.63) is 24.0 Å². The average molecular weight is 301 g/mol. The molecule has 0 amide bonds. The van der Waals surface area contributed by atoms with E-state index in [-0.39, 0.29) is 10.4 Å². The van der Waals surface area contributed by atoms with E-state index in [1.54, 1.807) is 0 Å². The van der Waals surface area contributed by atoms with Gasteiger partial charge in [-0.15, -0.1) is 0 Å². The summed E-state index contributed by atoms with van der Waals surface area (Å²) in [6.45, 7) is 7.36. The highest BCUT2D eigenvalue weighted by molar-refractivity contribution is 7.89. The maximum absolute atomic E-state index is 13.3. The largest absolute Gasteiger partial charge is 0.496 e. The van der Waals surface area contributed by atoms with E-state index < -0.39 is 34.2 Å². The monoisotopic (exact) mass is 301 g/mol. The van der Waals surface area contributed by atoms with Crippen molar-refractivity contribution in [2.75, 3.05) is 0 Å². The van der Waals surface area contributed by atoms with Gasteiger partial charge in [-0.05, 0) is 39.8 Å². The molecule has 1 aromatic rings. The third-order valence-corrected chi connectivity index (χ3v) is 4.76. The van der Waals surface area contributed by atoms with Crippen LogP contribution in [0.15, 0.2) is 23.1 Å². The SMILES string of the molecule is CC1(C)OB(c2ccc(F)cc2S(N)(=O)=O)OC1(C)C. The van der Waals surface area contributed by atoms with Crippen molar-refractivity contribution in [3.63, 3.8) is 0 Å². The van der Waals surface area contributed by atoms with Crippen LogP contribution in [-0.2, 0) is 19.3 Å². The number of nitrogens with two attached hydrogens (primary N) is 1. The minimum absolute atomic E-state index is 0.201. The molecule has 0 aromatic heterocycles. The first-order chi connectivity index (χ1) is 8.94. The summed E-state index contributed by atoms with van der Waals surface area (Å²) in [7, 11) is -4.98. The summed E-state index contributed by atoms with van der Waals surface area (Å²) in [6.07, 6.45) is 0. The summed E-state index contributed by atoms with van der Waals surface area (Å²) >= 11 is 0. The van der Waals surface area contributed by atoms with E-state index in [1.807, 2.05) is 27.7 Å². The van der Waals surface area contributed by atoms with Crippen LogP contribution < -0.4 is 10.6 Å². The van der Waals surface area contributed by atoms with Crippen molar-refractivity contribution in [1.29, 1.82) is 0 Å². The van der Waals surface area contributed by atoms with Crippen molar-refractivity contribution in [3.8, 4) is 0 Å². The van der Waals surface area contributed by atoms with Gasteiger partial charge in [0.2, 0.25) is 10.0 Å². The lowest BCUT2D eigenvalue weighted by molar-refractivity contribution is 0.00578. The molecular formula is C12H17BFNO4S. The highest BCUT2D eigenvalue weighted by Gasteiger charge is 2.52. The van der Waals surface area contributed by atoms with Gasteiger partial charge in [-0.25, -0.2) is 17.9 Å². The zero-order chi connectivity index (χ0) is 15.3. The number of primary sulfonamides is 1. The van der Waals surface area contributed by atoms with Crippen molar-refractivity contribution in [2.45, 2.75) is 43.8 Å². The summed E-state index contributed by atoms with van der Waals surface area (Å²) in [5.41, 5.74) is -1.05. The van der Waals surface area contributed by atoms with Gasteiger partial charge in [-0.3, -0.25) is 0 Å². The third-order valence-electron chi connectivity index (χ3n) is 3.79. The second-order valence-electron chi connectivity index (χ2n) is 5.82. The Labute approximate surface area is 118 Å². The minimum atomic E-state index is -4.07. The smallest absolute Gasteiger partial charge is 0.399 e. The Bertz CT molecular complexity index is 629. The Balaban J connectivity index is 2.51. The predicted octanol–water partition coefficient (Wildman–Crippen LogP) is 0.772. The second-order valence-corrected chi connectivity index (χ2v) is 7.35. The topological polar surface area (TPSA) is 78.6 Å². The van der Waals surface area contributed by atoms with Gasteiger partial charge in [0.15, 0.2) is 0 Å². The molecule has 1 fully saturated rings. The van der Waals surface area contributed by atoms with E-state index in [0.29, 0.717) is 0 Å². The third kappa shape index (κ3) is 2.60. The van der Waals surface area contributed by atoms with Crippen molar-refractivity contribution in [1.82, 2.24) is 0 Å². The fraction of sp³-hybridized carbons (Fsp3) is 0.500. The Morgan fingerprint density at radius 2 is 1.65 bits per heavy atom. The Hall–Kier alpha value is -0.955. The molecule has 2 N–H and O–H groups in total. The maximum atomic E-state index is 13.3. The van der Waals surface area contributed by atoms with Crippen LogP contribution in [-0.4, -0.2) is 26.7 Å². The van der Waals surface area contributed by atoms with E-state index in [9.17, 15) is 12.8 Å². The van der Waals surface area contributed by atoms with Gasteiger partial charge in [0.05, 0.1) is 16.1 Å². The molecule has 0 saturated carbocycles. The first-order valence-electron chi connectivity index (χ1n) is 6.12. The summed E-state index contributed by atoms with van der Waals surface area (Å²) in [5.74, 6) is -0.686. The number of halogens is 1. The molecule has 0 bridgehead atoms. The molecule has 0 atom stereocenters. The molecule has 1 aliphatic heterocycles. The van der Waals surface area contributed by atoms with Crippen LogP contribution >= 0.6 is 0 Å². The van der Waals surface area contributed by atoms with Gasteiger partial charge in [0.1, 0.15) is 5.82 Å². The van der Waals surface area contributed by atoms with Crippen LogP contribution in [0.2, 0.25) is 0 Å². The Morgan fingerprint density at radius 3 is 2.10 bits per heavy atom. The lowest BCUT2D eigenvalue weighted by Gasteiger charge is -2.32. The number of sulfonamides is 1. The van der Waals surface area contributed by atoms with E-state index in [2.05, 4.69) is 0 Å². The van der Waals surface area contributed by atoms with Gasteiger partial charge in [-0.2, -0.15) is 0 Å². The van der Waals surface area contributed by atoms with Crippen molar-refractivity contribution >= 4 is 22.6 Å². The zero-order valence-corrected chi connectivity index (χ0v) is 12.6. The van der Waals surface area contributed by atoms with Crippen LogP contribution in [0.1, 0.15) is 27.7 Å². The van der Waals surface area contributed by atoms with E-state index >= 15 is 0 Å². The van der Waals surface area contributed by atoms with Crippen LogP contribution in [0.5, 0.6) is 0 Å². The lowest BCUT2D eigenvalue weighted by Crippen LogP contribution is -2.41. The van der Waals surface area contributed by atoms with Crippen LogP contribution in [0.25, 0.3) is 0 Å². The number of hydrogen-bond acceptors (Lipinski definition) is 4. The number of rotatable bonds is 2. The quantitative estimate of drug-likeness (QED) is 0.819. The Kier molecular flexibility index (Phi) is 3.49. The van der Waals surface area contributed by atoms with Crippen LogP contribution in [0.4, 0.5) is 4.39 Å². The molecular weight excluding hydrogens is 284 g/mol. The molecule has 1 aromatic carbocycles. The highest BCUT2D eigenvalue weighted by atomic mass is 32.2. The summed E-state index contributed by atoms with van der Waals surface area (Å²) in [6, 6.07) is 3.34. The molecule has 8 heteroatoms. The molecule has 110 valence electrons. The normalized spacial score (nSPS) is 21.2. The summed E-state index contributed by atoms with van der Waals surface area (Å²) < 4.78 is 48.0. The summed E-state index contributed by atoms with van der Waals surface area (Å²) in [5, 5.41) is 5.12. The number of benzene rings is 1. The molecule has 1 heterocycles. The lowest BCUT2D eigenvalue weighted by atomic mass is 9.79. The molecule has 2 rings (SSSR count). The Morgan fingerprint density at radius 1 is 1.15 bits per heavy atom. The molecule has 1 aliphatic rings. The van der Waals surface area contributed by atoms with Gasteiger partial charge in [0, 0.05) is 5.46 Å². The van der Waals surface area contributed by atoms with Gasteiger partial charge < -0.3 is 9.31 Å². The molecule has 20 heavy (non-hydrogen) atoms. The molecule has 1 saturated heterocycles. The summed E-state index contributed by atoms with van der Waals surface area (Å²) in [4.78, 5) is -0.323. The molecule has 0 spiro atoms. The van der Waals surface area contributed by atoms with Crippen molar-refractivity contribution in [2.24, 2.45) is 5.14 Å². The molecule has 0 unspecified atom stereocenters. The predicted molar refractivity (Wildman–Crippen MR) is 73.5 cm³/mol. The van der Waals surface area contributed by atoms with E-state index in [4.69, 9.17) is 14.4 Å². The first kappa shape index (κ1) is 15.4. The minimum Gasteiger partial charge on any atom is -0.399 e.